The van der Waals surface area contributed by atoms with Gasteiger partial charge in [0.25, 0.3) is 5.91 Å². The van der Waals surface area contributed by atoms with Gasteiger partial charge in [-0.15, -0.1) is 0 Å². The Kier molecular flexibility index (Phi) is 4.79. The SMILES string of the molecule is C[C@@H]1Nc2cc(B3OC(C)(C)C(C)(C)O3)ccc2N(C(=O)OC(C)(C)C)C1=O. The maximum atomic E-state index is 12.6. The predicted octanol–water partition coefficient (Wildman–Crippen LogP) is 3.07. The van der Waals surface area contributed by atoms with Gasteiger partial charge in [0, 0.05) is 0 Å². The third-order valence-electron chi connectivity index (χ3n) is 5.33. The van der Waals surface area contributed by atoms with Crippen LogP contribution in [0.2, 0.25) is 0 Å². The first-order valence-corrected chi connectivity index (χ1v) is 9.55. The molecule has 152 valence electrons. The number of anilines is 2. The Balaban J connectivity index is 1.94. The highest BCUT2D eigenvalue weighted by Crippen LogP contribution is 2.38. The summed E-state index contributed by atoms with van der Waals surface area (Å²) in [6.45, 7) is 15.0. The average molecular weight is 388 g/mol. The van der Waals surface area contributed by atoms with Gasteiger partial charge in [-0.1, -0.05) is 6.07 Å². The van der Waals surface area contributed by atoms with E-state index in [1.165, 1.54) is 0 Å². The standard InChI is InChI=1S/C20H29BN2O5/c1-12-16(24)23(17(25)26-18(2,3)4)15-10-9-13(11-14(15)22-12)21-27-19(5,6)20(7,8)28-21/h9-12,22H,1-8H3/t12-/m0/s1. The van der Waals surface area contributed by atoms with Crippen LogP contribution in [0.4, 0.5) is 16.2 Å². The topological polar surface area (TPSA) is 77.1 Å². The lowest BCUT2D eigenvalue weighted by Gasteiger charge is -2.34. The van der Waals surface area contributed by atoms with Crippen LogP contribution in [0.15, 0.2) is 18.2 Å². The molecule has 8 heteroatoms. The van der Waals surface area contributed by atoms with E-state index in [1.54, 1.807) is 33.8 Å². The van der Waals surface area contributed by atoms with Gasteiger partial charge in [-0.2, -0.15) is 0 Å². The lowest BCUT2D eigenvalue weighted by molar-refractivity contribution is -0.119. The zero-order chi connectivity index (χ0) is 21.1. The maximum Gasteiger partial charge on any atom is 0.494 e. The van der Waals surface area contributed by atoms with Crippen LogP contribution in [-0.4, -0.2) is 42.0 Å². The molecule has 0 aliphatic carbocycles. The molecule has 0 spiro atoms. The predicted molar refractivity (Wildman–Crippen MR) is 109 cm³/mol. The van der Waals surface area contributed by atoms with Gasteiger partial charge in [0.1, 0.15) is 11.6 Å². The third-order valence-corrected chi connectivity index (χ3v) is 5.33. The normalized spacial score (nSPS) is 23.3. The minimum Gasteiger partial charge on any atom is -0.443 e. The van der Waals surface area contributed by atoms with Crippen LogP contribution in [0, 0.1) is 0 Å². The quantitative estimate of drug-likeness (QED) is 0.746. The van der Waals surface area contributed by atoms with E-state index in [-0.39, 0.29) is 5.91 Å². The van der Waals surface area contributed by atoms with E-state index in [0.717, 1.165) is 10.4 Å². The van der Waals surface area contributed by atoms with Gasteiger partial charge in [0.15, 0.2) is 0 Å². The number of hydrogen-bond donors (Lipinski definition) is 1. The van der Waals surface area contributed by atoms with Crippen molar-refractivity contribution in [3.63, 3.8) is 0 Å². The van der Waals surface area contributed by atoms with E-state index >= 15 is 0 Å². The van der Waals surface area contributed by atoms with Crippen molar-refractivity contribution in [2.45, 2.75) is 78.2 Å². The van der Waals surface area contributed by atoms with Gasteiger partial charge >= 0.3 is 13.2 Å². The van der Waals surface area contributed by atoms with E-state index < -0.39 is 36.1 Å². The molecule has 1 saturated heterocycles. The molecule has 0 bridgehead atoms. The van der Waals surface area contributed by atoms with E-state index in [2.05, 4.69) is 5.32 Å². The molecule has 0 unspecified atom stereocenters. The summed E-state index contributed by atoms with van der Waals surface area (Å²) in [4.78, 5) is 26.4. The van der Waals surface area contributed by atoms with Crippen LogP contribution < -0.4 is 15.7 Å². The van der Waals surface area contributed by atoms with Gasteiger partial charge in [0.05, 0.1) is 22.6 Å². The molecule has 0 aromatic heterocycles. The number of nitrogens with zero attached hydrogens (tertiary/aromatic N) is 1. The number of amides is 2. The average Bonchev–Trinajstić information content (AvgIpc) is 2.74. The first-order chi connectivity index (χ1) is 12.7. The molecule has 1 atom stereocenters. The maximum absolute atomic E-state index is 12.6. The monoisotopic (exact) mass is 388 g/mol. The van der Waals surface area contributed by atoms with Gasteiger partial charge in [-0.3, -0.25) is 4.79 Å². The fourth-order valence-corrected chi connectivity index (χ4v) is 3.09. The molecule has 1 aromatic carbocycles. The second-order valence-corrected chi connectivity index (χ2v) is 9.38. The summed E-state index contributed by atoms with van der Waals surface area (Å²) in [5.74, 6) is -0.356. The fourth-order valence-electron chi connectivity index (χ4n) is 3.09. The summed E-state index contributed by atoms with van der Waals surface area (Å²) in [6.07, 6.45) is -0.685. The number of imide groups is 1. The Morgan fingerprint density at radius 3 is 2.29 bits per heavy atom. The van der Waals surface area contributed by atoms with Crippen LogP contribution in [-0.2, 0) is 18.8 Å². The molecular weight excluding hydrogens is 359 g/mol. The summed E-state index contributed by atoms with van der Waals surface area (Å²) in [6, 6.07) is 4.82. The van der Waals surface area contributed by atoms with Crippen LogP contribution in [0.1, 0.15) is 55.4 Å². The Labute approximate surface area is 166 Å². The molecule has 2 aliphatic rings. The molecule has 3 rings (SSSR count). The highest BCUT2D eigenvalue weighted by molar-refractivity contribution is 6.62. The molecule has 1 aromatic rings. The van der Waals surface area contributed by atoms with Crippen molar-refractivity contribution in [1.29, 1.82) is 0 Å². The van der Waals surface area contributed by atoms with Crippen molar-refractivity contribution in [3.8, 4) is 0 Å². The van der Waals surface area contributed by atoms with Crippen LogP contribution in [0.5, 0.6) is 0 Å². The van der Waals surface area contributed by atoms with Gasteiger partial charge < -0.3 is 19.4 Å². The van der Waals surface area contributed by atoms with Gasteiger partial charge in [-0.05, 0) is 73.0 Å². The first kappa shape index (κ1) is 20.7. The van der Waals surface area contributed by atoms with Crippen LogP contribution in [0.25, 0.3) is 0 Å². The molecule has 0 radical (unpaired) electrons. The zero-order valence-electron chi connectivity index (χ0n) is 17.9. The zero-order valence-corrected chi connectivity index (χ0v) is 17.9. The number of carbonyl (C=O) groups is 2. The molecule has 2 amide bonds. The van der Waals surface area contributed by atoms with Crippen LogP contribution in [0.3, 0.4) is 0 Å². The van der Waals surface area contributed by atoms with E-state index in [0.29, 0.717) is 11.4 Å². The van der Waals surface area contributed by atoms with E-state index in [4.69, 9.17) is 14.0 Å². The summed E-state index contributed by atoms with van der Waals surface area (Å²) in [5.41, 5.74) is 0.326. The molecule has 2 heterocycles. The number of rotatable bonds is 1. The molecule has 7 nitrogen and oxygen atoms in total. The second kappa shape index (κ2) is 6.49. The number of hydrogen-bond acceptors (Lipinski definition) is 6. The van der Waals surface area contributed by atoms with E-state index in [9.17, 15) is 9.59 Å². The Morgan fingerprint density at radius 1 is 1.18 bits per heavy atom. The van der Waals surface area contributed by atoms with Gasteiger partial charge in [-0.25, -0.2) is 9.69 Å². The van der Waals surface area contributed by atoms with Crippen molar-refractivity contribution in [1.82, 2.24) is 0 Å². The highest BCUT2D eigenvalue weighted by atomic mass is 16.7. The Bertz CT molecular complexity index is 799. The van der Waals surface area contributed by atoms with Gasteiger partial charge in [0.2, 0.25) is 0 Å². The number of nitrogens with one attached hydrogen (secondary N) is 1. The third kappa shape index (κ3) is 3.63. The molecule has 1 fully saturated rings. The number of carbonyl (C=O) groups excluding carboxylic acids is 2. The minimum atomic E-state index is -0.700. The first-order valence-electron chi connectivity index (χ1n) is 9.55. The van der Waals surface area contributed by atoms with Crippen molar-refractivity contribution in [2.75, 3.05) is 10.2 Å². The van der Waals surface area contributed by atoms with Crippen molar-refractivity contribution in [2.24, 2.45) is 0 Å². The lowest BCUT2D eigenvalue weighted by atomic mass is 9.78. The second-order valence-electron chi connectivity index (χ2n) is 9.38. The van der Waals surface area contributed by atoms with Crippen molar-refractivity contribution < 1.29 is 23.6 Å². The smallest absolute Gasteiger partial charge is 0.443 e. The largest absolute Gasteiger partial charge is 0.494 e. The Morgan fingerprint density at radius 2 is 1.75 bits per heavy atom. The molecule has 0 saturated carbocycles. The summed E-state index contributed by atoms with van der Waals surface area (Å²) in [7, 11) is -0.528. The number of ether oxygens (including phenoxy) is 1. The molecule has 28 heavy (non-hydrogen) atoms. The number of fused-ring (bicyclic) bond motifs is 1. The Hall–Kier alpha value is -2.06. The minimum absolute atomic E-state index is 0.356. The van der Waals surface area contributed by atoms with Crippen LogP contribution >= 0.6 is 0 Å². The lowest BCUT2D eigenvalue weighted by Crippen LogP contribution is -2.50. The molecule has 1 N–H and O–H groups in total. The van der Waals surface area contributed by atoms with Crippen molar-refractivity contribution in [3.05, 3.63) is 18.2 Å². The fraction of sp³-hybridized carbons (Fsp3) is 0.600. The highest BCUT2D eigenvalue weighted by Gasteiger charge is 2.52. The molecule has 2 aliphatic heterocycles. The molecular formula is C20H29BN2O5. The summed E-state index contributed by atoms with van der Waals surface area (Å²) < 4.78 is 17.6. The summed E-state index contributed by atoms with van der Waals surface area (Å²) in [5, 5.41) is 3.15. The van der Waals surface area contributed by atoms with Crippen molar-refractivity contribution >= 4 is 36.0 Å². The van der Waals surface area contributed by atoms with E-state index in [1.807, 2.05) is 39.8 Å². The summed E-state index contributed by atoms with van der Waals surface area (Å²) >= 11 is 0. The number of benzene rings is 1.